The van der Waals surface area contributed by atoms with Gasteiger partial charge in [0.15, 0.2) is 5.65 Å². The Morgan fingerprint density at radius 3 is 2.61 bits per heavy atom. The number of aromatic nitrogens is 4. The Labute approximate surface area is 195 Å². The van der Waals surface area contributed by atoms with Crippen molar-refractivity contribution < 1.29 is 10.2 Å². The summed E-state index contributed by atoms with van der Waals surface area (Å²) in [6.45, 7) is 5.76. The van der Waals surface area contributed by atoms with Gasteiger partial charge >= 0.3 is 0 Å². The van der Waals surface area contributed by atoms with Crippen LogP contribution in [0.4, 0.5) is 5.95 Å². The first-order valence-electron chi connectivity index (χ1n) is 12.2. The number of nitrogens with zero attached hydrogens (tertiary/aromatic N) is 4. The lowest BCUT2D eigenvalue weighted by atomic mass is 9.93. The molecule has 0 amide bonds. The molecule has 0 spiro atoms. The van der Waals surface area contributed by atoms with Crippen LogP contribution in [0.2, 0.25) is 0 Å². The zero-order chi connectivity index (χ0) is 23.2. The van der Waals surface area contributed by atoms with Gasteiger partial charge in [-0.05, 0) is 44.6 Å². The summed E-state index contributed by atoms with van der Waals surface area (Å²) in [5.41, 5.74) is 3.93. The molecule has 0 bridgehead atoms. The smallest absolute Gasteiger partial charge is 0.224 e. The number of anilines is 1. The maximum absolute atomic E-state index is 9.98. The Balaban J connectivity index is 1.67. The average Bonchev–Trinajstić information content (AvgIpc) is 3.19. The van der Waals surface area contributed by atoms with E-state index in [4.69, 9.17) is 15.2 Å². The fraction of sp³-hybridized carbons (Fsp3) is 0.560. The van der Waals surface area contributed by atoms with Gasteiger partial charge in [-0.2, -0.15) is 10.1 Å². The lowest BCUT2D eigenvalue weighted by Crippen LogP contribution is -2.22. The van der Waals surface area contributed by atoms with E-state index < -0.39 is 0 Å². The summed E-state index contributed by atoms with van der Waals surface area (Å²) in [4.78, 5) is 9.49. The van der Waals surface area contributed by atoms with E-state index >= 15 is 0 Å². The molecule has 1 aliphatic rings. The molecule has 1 aliphatic carbocycles. The van der Waals surface area contributed by atoms with Crippen LogP contribution in [-0.2, 0) is 6.54 Å². The van der Waals surface area contributed by atoms with Gasteiger partial charge in [-0.1, -0.05) is 37.6 Å². The maximum Gasteiger partial charge on any atom is 0.224 e. The van der Waals surface area contributed by atoms with E-state index in [1.54, 1.807) is 0 Å². The monoisotopic (exact) mass is 452 g/mol. The number of rotatable bonds is 10. The highest BCUT2D eigenvalue weighted by atomic mass is 16.3. The van der Waals surface area contributed by atoms with E-state index in [2.05, 4.69) is 58.4 Å². The Morgan fingerprint density at radius 2 is 1.91 bits per heavy atom. The van der Waals surface area contributed by atoms with Crippen molar-refractivity contribution in [3.63, 3.8) is 0 Å². The van der Waals surface area contributed by atoms with E-state index in [9.17, 15) is 5.11 Å². The molecule has 8 heteroatoms. The molecule has 4 rings (SSSR count). The van der Waals surface area contributed by atoms with Crippen LogP contribution in [0.1, 0.15) is 64.0 Å². The maximum atomic E-state index is 9.98. The van der Waals surface area contributed by atoms with E-state index in [0.29, 0.717) is 25.1 Å². The largest absolute Gasteiger partial charge is 0.395 e. The summed E-state index contributed by atoms with van der Waals surface area (Å²) in [5, 5.41) is 31.5. The summed E-state index contributed by atoms with van der Waals surface area (Å²) >= 11 is 0. The number of aliphatic hydroxyl groups is 2. The zero-order valence-electron chi connectivity index (χ0n) is 19.7. The molecule has 0 aliphatic heterocycles. The van der Waals surface area contributed by atoms with E-state index in [1.165, 1.54) is 0 Å². The first-order valence-corrected chi connectivity index (χ1v) is 12.2. The highest BCUT2D eigenvalue weighted by Crippen LogP contribution is 2.34. The molecular weight excluding hydrogens is 416 g/mol. The standard InChI is InChI=1S/C25H36N6O2/c1-3-4-17(2)28-25-27-16-22-23(19-7-5-18(6-8-19)15-26-13-14-32)30-31(24(22)29-25)20-9-11-21(33)12-10-20/h5-8,16-17,20-21,26,32-33H,3-4,9-15H2,1-2H3,(H,27,28,29)/t17-,20?,21?/m0/s1. The predicted octanol–water partition coefficient (Wildman–Crippen LogP) is 3.65. The van der Waals surface area contributed by atoms with Crippen molar-refractivity contribution in [1.29, 1.82) is 0 Å². The van der Waals surface area contributed by atoms with Crippen molar-refractivity contribution >= 4 is 17.0 Å². The van der Waals surface area contributed by atoms with Crippen molar-refractivity contribution in [2.45, 2.75) is 77.1 Å². The third-order valence-electron chi connectivity index (χ3n) is 6.40. The molecule has 2 heterocycles. The molecule has 0 saturated heterocycles. The summed E-state index contributed by atoms with van der Waals surface area (Å²) in [6.07, 6.45) is 7.21. The molecule has 1 aromatic carbocycles. The summed E-state index contributed by atoms with van der Waals surface area (Å²) < 4.78 is 2.06. The van der Waals surface area contributed by atoms with Gasteiger partial charge < -0.3 is 20.8 Å². The van der Waals surface area contributed by atoms with Crippen LogP contribution < -0.4 is 10.6 Å². The van der Waals surface area contributed by atoms with Crippen LogP contribution in [0.15, 0.2) is 30.5 Å². The zero-order valence-corrected chi connectivity index (χ0v) is 19.7. The van der Waals surface area contributed by atoms with Gasteiger partial charge in [0.25, 0.3) is 0 Å². The van der Waals surface area contributed by atoms with E-state index in [-0.39, 0.29) is 18.8 Å². The number of fused-ring (bicyclic) bond motifs is 1. The van der Waals surface area contributed by atoms with Crippen LogP contribution in [0.25, 0.3) is 22.3 Å². The third-order valence-corrected chi connectivity index (χ3v) is 6.40. The first-order chi connectivity index (χ1) is 16.1. The summed E-state index contributed by atoms with van der Waals surface area (Å²) in [7, 11) is 0. The Kier molecular flexibility index (Phi) is 7.90. The molecule has 178 valence electrons. The highest BCUT2D eigenvalue weighted by molar-refractivity contribution is 5.91. The van der Waals surface area contributed by atoms with Crippen molar-refractivity contribution in [2.24, 2.45) is 0 Å². The number of benzene rings is 1. The number of hydrogen-bond acceptors (Lipinski definition) is 7. The topological polar surface area (TPSA) is 108 Å². The molecule has 3 aromatic rings. The predicted molar refractivity (Wildman–Crippen MR) is 131 cm³/mol. The van der Waals surface area contributed by atoms with Crippen molar-refractivity contribution in [2.75, 3.05) is 18.5 Å². The average molecular weight is 453 g/mol. The fourth-order valence-corrected chi connectivity index (χ4v) is 4.58. The van der Waals surface area contributed by atoms with Gasteiger partial charge in [0.05, 0.1) is 24.1 Å². The molecule has 1 atom stereocenters. The Hall–Kier alpha value is -2.55. The van der Waals surface area contributed by atoms with E-state index in [1.807, 2.05) is 6.20 Å². The lowest BCUT2D eigenvalue weighted by molar-refractivity contribution is 0.109. The number of hydrogen-bond donors (Lipinski definition) is 4. The normalized spacial score (nSPS) is 19.6. The van der Waals surface area contributed by atoms with Gasteiger partial charge in [0.2, 0.25) is 5.95 Å². The molecule has 4 N–H and O–H groups in total. The van der Waals surface area contributed by atoms with Gasteiger partial charge in [0.1, 0.15) is 5.69 Å². The van der Waals surface area contributed by atoms with Gasteiger partial charge in [-0.15, -0.1) is 0 Å². The molecule has 33 heavy (non-hydrogen) atoms. The minimum atomic E-state index is -0.212. The molecule has 1 saturated carbocycles. The quantitative estimate of drug-likeness (QED) is 0.348. The molecule has 8 nitrogen and oxygen atoms in total. The minimum Gasteiger partial charge on any atom is -0.395 e. The first kappa shape index (κ1) is 23.6. The second-order valence-corrected chi connectivity index (χ2v) is 9.12. The molecule has 0 unspecified atom stereocenters. The van der Waals surface area contributed by atoms with Crippen molar-refractivity contribution in [3.05, 3.63) is 36.0 Å². The third kappa shape index (κ3) is 5.69. The molecule has 2 aromatic heterocycles. The van der Waals surface area contributed by atoms with Crippen LogP contribution in [0.3, 0.4) is 0 Å². The molecule has 1 fully saturated rings. The second kappa shape index (κ2) is 11.0. The minimum absolute atomic E-state index is 0.133. The Morgan fingerprint density at radius 1 is 1.15 bits per heavy atom. The molecule has 0 radical (unpaired) electrons. The van der Waals surface area contributed by atoms with Crippen LogP contribution in [0.5, 0.6) is 0 Å². The molecular formula is C25H36N6O2. The fourth-order valence-electron chi connectivity index (χ4n) is 4.58. The van der Waals surface area contributed by atoms with Crippen LogP contribution in [0, 0.1) is 0 Å². The van der Waals surface area contributed by atoms with Gasteiger partial charge in [-0.3, -0.25) is 0 Å². The summed E-state index contributed by atoms with van der Waals surface area (Å²) in [5.74, 6) is 0.636. The summed E-state index contributed by atoms with van der Waals surface area (Å²) in [6, 6.07) is 8.88. The van der Waals surface area contributed by atoms with Gasteiger partial charge in [0, 0.05) is 30.9 Å². The Bertz CT molecular complexity index is 1030. The van der Waals surface area contributed by atoms with Gasteiger partial charge in [-0.25, -0.2) is 9.67 Å². The van der Waals surface area contributed by atoms with Crippen LogP contribution in [-0.4, -0.2) is 55.3 Å². The van der Waals surface area contributed by atoms with Crippen molar-refractivity contribution in [1.82, 2.24) is 25.1 Å². The highest BCUT2D eigenvalue weighted by Gasteiger charge is 2.25. The van der Waals surface area contributed by atoms with E-state index in [0.717, 1.165) is 66.4 Å². The number of nitrogens with one attached hydrogen (secondary N) is 2. The number of aliphatic hydroxyl groups excluding tert-OH is 2. The second-order valence-electron chi connectivity index (χ2n) is 9.12. The SMILES string of the molecule is CCC[C@H](C)Nc1ncc2c(-c3ccc(CNCCO)cc3)nn(C3CCC(O)CC3)c2n1. The van der Waals surface area contributed by atoms with Crippen molar-refractivity contribution in [3.8, 4) is 11.3 Å². The van der Waals surface area contributed by atoms with Crippen LogP contribution >= 0.6 is 0 Å². The lowest BCUT2D eigenvalue weighted by Gasteiger charge is -2.25.